The van der Waals surface area contributed by atoms with Crippen molar-refractivity contribution in [1.29, 1.82) is 0 Å². The van der Waals surface area contributed by atoms with Gasteiger partial charge in [0.15, 0.2) is 11.7 Å². The highest BCUT2D eigenvalue weighted by Crippen LogP contribution is 2.29. The van der Waals surface area contributed by atoms with E-state index in [1.54, 1.807) is 7.05 Å². The van der Waals surface area contributed by atoms with Gasteiger partial charge in [-0.25, -0.2) is 4.98 Å². The van der Waals surface area contributed by atoms with Crippen molar-refractivity contribution >= 4 is 23.3 Å². The maximum atomic E-state index is 12.4. The van der Waals surface area contributed by atoms with Crippen molar-refractivity contribution in [2.24, 2.45) is 4.99 Å². The summed E-state index contributed by atoms with van der Waals surface area (Å²) in [5, 5.41) is 7.21. The normalized spacial score (nSPS) is 12.1. The minimum absolute atomic E-state index is 0.193. The molecule has 0 aliphatic heterocycles. The molecule has 0 unspecified atom stereocenters. The van der Waals surface area contributed by atoms with E-state index in [-0.39, 0.29) is 12.4 Å². The molecular formula is C12H17F3N4O2S. The van der Waals surface area contributed by atoms with E-state index in [4.69, 9.17) is 0 Å². The fourth-order valence-electron chi connectivity index (χ4n) is 1.45. The molecule has 0 spiro atoms. The molecule has 0 atom stereocenters. The lowest BCUT2D eigenvalue weighted by atomic mass is 10.4. The van der Waals surface area contributed by atoms with E-state index in [1.807, 2.05) is 0 Å². The van der Waals surface area contributed by atoms with Crippen molar-refractivity contribution in [3.05, 3.63) is 16.1 Å². The summed E-state index contributed by atoms with van der Waals surface area (Å²) in [7, 11) is 2.86. The van der Waals surface area contributed by atoms with Gasteiger partial charge in [-0.15, -0.1) is 11.3 Å². The Morgan fingerprint density at radius 3 is 2.64 bits per heavy atom. The van der Waals surface area contributed by atoms with Crippen LogP contribution in [-0.4, -0.2) is 44.2 Å². The highest BCUT2D eigenvalue weighted by atomic mass is 32.1. The lowest BCUT2D eigenvalue weighted by Gasteiger charge is -2.10. The van der Waals surface area contributed by atoms with E-state index in [0.717, 1.165) is 16.7 Å². The Kier molecular flexibility index (Phi) is 7.09. The van der Waals surface area contributed by atoms with Gasteiger partial charge in [0.05, 0.1) is 18.5 Å². The van der Waals surface area contributed by atoms with E-state index < -0.39 is 11.9 Å². The number of aliphatic imine (C=N–C) groups is 1. The number of carbonyl (C=O) groups excluding carboxylic acids is 1. The zero-order valence-electron chi connectivity index (χ0n) is 12.2. The van der Waals surface area contributed by atoms with E-state index in [2.05, 4.69) is 25.3 Å². The maximum Gasteiger partial charge on any atom is 0.434 e. The number of aromatic nitrogens is 1. The van der Waals surface area contributed by atoms with Crippen LogP contribution in [0.15, 0.2) is 10.4 Å². The molecule has 0 aliphatic carbocycles. The van der Waals surface area contributed by atoms with Crippen LogP contribution in [0, 0.1) is 0 Å². The van der Waals surface area contributed by atoms with Crippen molar-refractivity contribution in [2.75, 3.05) is 27.2 Å². The molecule has 6 nitrogen and oxygen atoms in total. The van der Waals surface area contributed by atoms with Crippen LogP contribution in [0.1, 0.15) is 17.1 Å². The van der Waals surface area contributed by atoms with Crippen LogP contribution in [0.4, 0.5) is 13.2 Å². The highest BCUT2D eigenvalue weighted by molar-refractivity contribution is 7.09. The number of alkyl halides is 3. The van der Waals surface area contributed by atoms with Crippen molar-refractivity contribution in [3.63, 3.8) is 0 Å². The molecule has 124 valence electrons. The molecule has 10 heteroatoms. The van der Waals surface area contributed by atoms with Gasteiger partial charge in [-0.1, -0.05) is 0 Å². The van der Waals surface area contributed by atoms with Crippen LogP contribution in [0.3, 0.4) is 0 Å². The lowest BCUT2D eigenvalue weighted by molar-refractivity contribution is -0.141. The number of thiazole rings is 1. The predicted molar refractivity (Wildman–Crippen MR) is 76.8 cm³/mol. The Labute approximate surface area is 129 Å². The molecule has 0 aliphatic rings. The third-order valence-electron chi connectivity index (χ3n) is 2.55. The molecule has 1 aromatic heterocycles. The van der Waals surface area contributed by atoms with Crippen molar-refractivity contribution in [3.8, 4) is 0 Å². The smallest absolute Gasteiger partial charge is 0.434 e. The molecule has 0 fully saturated rings. The van der Waals surface area contributed by atoms with Crippen LogP contribution in [0.25, 0.3) is 0 Å². The summed E-state index contributed by atoms with van der Waals surface area (Å²) in [5.74, 6) is 0.113. The molecule has 22 heavy (non-hydrogen) atoms. The SMILES string of the molecule is CN=C(NCCC(=O)OC)NCCc1nc(C(F)(F)F)cs1. The number of hydrogen-bond acceptors (Lipinski definition) is 5. The lowest BCUT2D eigenvalue weighted by Crippen LogP contribution is -2.39. The minimum Gasteiger partial charge on any atom is -0.469 e. The maximum absolute atomic E-state index is 12.4. The molecule has 1 heterocycles. The summed E-state index contributed by atoms with van der Waals surface area (Å²) >= 11 is 0.968. The van der Waals surface area contributed by atoms with E-state index in [1.165, 1.54) is 7.11 Å². The summed E-state index contributed by atoms with van der Waals surface area (Å²) in [4.78, 5) is 18.4. The quantitative estimate of drug-likeness (QED) is 0.466. The third-order valence-corrected chi connectivity index (χ3v) is 3.45. The summed E-state index contributed by atoms with van der Waals surface area (Å²) in [6.07, 6.45) is -3.87. The second-order valence-electron chi connectivity index (χ2n) is 4.13. The molecule has 0 aromatic carbocycles. The zero-order valence-corrected chi connectivity index (χ0v) is 13.0. The third kappa shape index (κ3) is 6.29. The number of esters is 1. The fraction of sp³-hybridized carbons (Fsp3) is 0.583. The minimum atomic E-state index is -4.41. The Morgan fingerprint density at radius 2 is 2.09 bits per heavy atom. The van der Waals surface area contributed by atoms with Crippen molar-refractivity contribution in [2.45, 2.75) is 19.0 Å². The number of rotatable bonds is 6. The number of hydrogen-bond donors (Lipinski definition) is 2. The molecule has 2 N–H and O–H groups in total. The van der Waals surface area contributed by atoms with Gasteiger partial charge in [-0.3, -0.25) is 9.79 Å². The first kappa shape index (κ1) is 18.2. The van der Waals surface area contributed by atoms with Gasteiger partial charge in [-0.2, -0.15) is 13.2 Å². The first-order valence-electron chi connectivity index (χ1n) is 6.39. The summed E-state index contributed by atoms with van der Waals surface area (Å²) in [6, 6.07) is 0. The number of nitrogens with zero attached hydrogens (tertiary/aromatic N) is 2. The number of ether oxygens (including phenoxy) is 1. The predicted octanol–water partition coefficient (Wildman–Crippen LogP) is 1.43. The van der Waals surface area contributed by atoms with Crippen LogP contribution < -0.4 is 10.6 Å². The van der Waals surface area contributed by atoms with Gasteiger partial charge in [0.25, 0.3) is 0 Å². The second kappa shape index (κ2) is 8.57. The molecule has 0 radical (unpaired) electrons. The van der Waals surface area contributed by atoms with Gasteiger partial charge in [0.1, 0.15) is 0 Å². The Bertz CT molecular complexity index is 517. The first-order valence-corrected chi connectivity index (χ1v) is 7.27. The van der Waals surface area contributed by atoms with Crippen molar-refractivity contribution < 1.29 is 22.7 Å². The first-order chi connectivity index (χ1) is 10.4. The molecular weight excluding hydrogens is 321 g/mol. The summed E-state index contributed by atoms with van der Waals surface area (Å²) < 4.78 is 41.7. The number of methoxy groups -OCH3 is 1. The number of carbonyl (C=O) groups is 1. The van der Waals surface area contributed by atoms with Gasteiger partial charge in [0.2, 0.25) is 0 Å². The molecule has 0 saturated heterocycles. The van der Waals surface area contributed by atoms with Gasteiger partial charge in [-0.05, 0) is 0 Å². The van der Waals surface area contributed by atoms with Crippen LogP contribution in [0.5, 0.6) is 0 Å². The van der Waals surface area contributed by atoms with Gasteiger partial charge in [0, 0.05) is 31.9 Å². The monoisotopic (exact) mass is 338 g/mol. The van der Waals surface area contributed by atoms with Crippen molar-refractivity contribution in [1.82, 2.24) is 15.6 Å². The van der Waals surface area contributed by atoms with Crippen LogP contribution >= 0.6 is 11.3 Å². The Hall–Kier alpha value is -1.84. The Morgan fingerprint density at radius 1 is 1.41 bits per heavy atom. The number of nitrogens with one attached hydrogen (secondary N) is 2. The summed E-state index contributed by atoms with van der Waals surface area (Å²) in [6.45, 7) is 0.727. The fourth-order valence-corrected chi connectivity index (χ4v) is 2.25. The van der Waals surface area contributed by atoms with E-state index >= 15 is 0 Å². The molecule has 1 rings (SSSR count). The summed E-state index contributed by atoms with van der Waals surface area (Å²) in [5.41, 5.74) is -0.868. The molecule has 1 aromatic rings. The van der Waals surface area contributed by atoms with Crippen LogP contribution in [0.2, 0.25) is 0 Å². The average molecular weight is 338 g/mol. The second-order valence-corrected chi connectivity index (χ2v) is 5.07. The highest BCUT2D eigenvalue weighted by Gasteiger charge is 2.33. The van der Waals surface area contributed by atoms with E-state index in [9.17, 15) is 18.0 Å². The largest absolute Gasteiger partial charge is 0.469 e. The number of guanidine groups is 1. The molecule has 0 amide bonds. The van der Waals surface area contributed by atoms with Gasteiger partial charge < -0.3 is 15.4 Å². The van der Waals surface area contributed by atoms with Crippen LogP contribution in [-0.2, 0) is 22.1 Å². The Balaban J connectivity index is 2.32. The topological polar surface area (TPSA) is 75.6 Å². The zero-order chi connectivity index (χ0) is 16.6. The average Bonchev–Trinajstić information content (AvgIpc) is 2.94. The number of halogens is 3. The van der Waals surface area contributed by atoms with E-state index in [0.29, 0.717) is 30.5 Å². The molecule has 0 saturated carbocycles. The standard InChI is InChI=1S/C12H17F3N4O2S/c1-16-11(18-6-4-10(20)21-2)17-5-3-9-19-8(7-22-9)12(13,14)15/h7H,3-6H2,1-2H3,(H2,16,17,18). The molecule has 0 bridgehead atoms. The van der Waals surface area contributed by atoms with Gasteiger partial charge >= 0.3 is 12.1 Å².